The third-order valence-electron chi connectivity index (χ3n) is 2.56. The summed E-state index contributed by atoms with van der Waals surface area (Å²) < 4.78 is 18.4. The number of hydrogen-bond donors (Lipinski definition) is 1. The van der Waals surface area contributed by atoms with Crippen molar-refractivity contribution in [2.75, 3.05) is 0 Å². The fraction of sp³-hybridized carbons (Fsp3) is 0.308. The normalized spacial score (nSPS) is 10.8. The molecule has 0 radical (unpaired) electrons. The second kappa shape index (κ2) is 4.57. The van der Waals surface area contributed by atoms with E-state index in [1.165, 1.54) is 12.1 Å². The Morgan fingerprint density at radius 3 is 2.94 bits per heavy atom. The van der Waals surface area contributed by atoms with Gasteiger partial charge in [-0.2, -0.15) is 0 Å². The van der Waals surface area contributed by atoms with Crippen molar-refractivity contribution in [3.05, 3.63) is 29.7 Å². The topological polar surface area (TPSA) is 42.1 Å². The highest BCUT2D eigenvalue weighted by Gasteiger charge is 2.13. The first kappa shape index (κ1) is 11.6. The summed E-state index contributed by atoms with van der Waals surface area (Å²) in [5.41, 5.74) is 1.50. The van der Waals surface area contributed by atoms with Gasteiger partial charge >= 0.3 is 5.97 Å². The van der Waals surface area contributed by atoms with E-state index in [1.54, 1.807) is 13.0 Å². The predicted octanol–water partition coefficient (Wildman–Crippen LogP) is 3.32. The van der Waals surface area contributed by atoms with Crippen LogP contribution < -0.4 is 4.74 Å². The molecule has 1 N–H and O–H groups in total. The number of H-pyrrole nitrogens is 1. The van der Waals surface area contributed by atoms with E-state index in [0.29, 0.717) is 17.6 Å². The first-order valence-electron chi connectivity index (χ1n) is 5.60. The molecule has 17 heavy (non-hydrogen) atoms. The molecule has 1 aromatic carbocycles. The van der Waals surface area contributed by atoms with Gasteiger partial charge in [0, 0.05) is 17.3 Å². The third-order valence-corrected chi connectivity index (χ3v) is 2.56. The molecular weight excluding hydrogens is 221 g/mol. The number of benzene rings is 1. The maximum Gasteiger partial charge on any atom is 0.311 e. The van der Waals surface area contributed by atoms with Crippen LogP contribution in [0.1, 0.15) is 25.5 Å². The molecule has 90 valence electrons. The molecule has 0 atom stereocenters. The van der Waals surface area contributed by atoms with Crippen molar-refractivity contribution in [3.8, 4) is 5.75 Å². The van der Waals surface area contributed by atoms with Gasteiger partial charge in [0.25, 0.3) is 0 Å². The van der Waals surface area contributed by atoms with Gasteiger partial charge in [-0.25, -0.2) is 4.39 Å². The van der Waals surface area contributed by atoms with Crippen molar-refractivity contribution >= 4 is 16.9 Å². The van der Waals surface area contributed by atoms with Gasteiger partial charge < -0.3 is 9.72 Å². The fourth-order valence-electron chi connectivity index (χ4n) is 1.77. The summed E-state index contributed by atoms with van der Waals surface area (Å²) in [4.78, 5) is 14.5. The van der Waals surface area contributed by atoms with Crippen LogP contribution in [0.4, 0.5) is 4.39 Å². The zero-order valence-electron chi connectivity index (χ0n) is 9.84. The average Bonchev–Trinajstić information content (AvgIpc) is 2.56. The Balaban J connectivity index is 2.41. The molecule has 1 aromatic heterocycles. The summed E-state index contributed by atoms with van der Waals surface area (Å²) in [6.45, 7) is 3.70. The summed E-state index contributed by atoms with van der Waals surface area (Å²) in [6.07, 6.45) is 1.09. The van der Waals surface area contributed by atoms with Crippen LogP contribution in [0.15, 0.2) is 18.2 Å². The van der Waals surface area contributed by atoms with Gasteiger partial charge in [0.2, 0.25) is 0 Å². The lowest BCUT2D eigenvalue weighted by Gasteiger charge is -2.03. The predicted molar refractivity (Wildman–Crippen MR) is 63.5 cm³/mol. The molecule has 0 saturated carbocycles. The van der Waals surface area contributed by atoms with Crippen LogP contribution in [0, 0.1) is 12.7 Å². The van der Waals surface area contributed by atoms with Gasteiger partial charge in [0.15, 0.2) is 5.75 Å². The Kier molecular flexibility index (Phi) is 3.13. The van der Waals surface area contributed by atoms with E-state index in [1.807, 2.05) is 6.92 Å². The van der Waals surface area contributed by atoms with Crippen molar-refractivity contribution in [1.82, 2.24) is 4.98 Å². The molecule has 0 bridgehead atoms. The van der Waals surface area contributed by atoms with Crippen molar-refractivity contribution in [2.45, 2.75) is 26.7 Å². The number of carbonyl (C=O) groups excluding carboxylic acids is 1. The van der Waals surface area contributed by atoms with Crippen molar-refractivity contribution in [3.63, 3.8) is 0 Å². The smallest absolute Gasteiger partial charge is 0.311 e. The first-order valence-corrected chi connectivity index (χ1v) is 5.60. The highest BCUT2D eigenvalue weighted by Crippen LogP contribution is 2.30. The Labute approximate surface area is 98.6 Å². The molecule has 2 rings (SSSR count). The maximum absolute atomic E-state index is 13.2. The van der Waals surface area contributed by atoms with E-state index in [0.717, 1.165) is 17.6 Å². The Morgan fingerprint density at radius 2 is 2.24 bits per heavy atom. The minimum atomic E-state index is -0.343. The molecule has 0 amide bonds. The van der Waals surface area contributed by atoms with E-state index in [9.17, 15) is 9.18 Å². The molecule has 0 spiro atoms. The highest BCUT2D eigenvalue weighted by atomic mass is 19.1. The summed E-state index contributed by atoms with van der Waals surface area (Å²) in [5.74, 6) is -0.206. The van der Waals surface area contributed by atoms with Crippen molar-refractivity contribution in [2.24, 2.45) is 0 Å². The number of nitrogens with one attached hydrogen (secondary N) is 1. The van der Waals surface area contributed by atoms with Crippen LogP contribution in [0.3, 0.4) is 0 Å². The number of aromatic nitrogens is 1. The molecule has 0 aliphatic rings. The Bertz CT molecular complexity index is 560. The van der Waals surface area contributed by atoms with Gasteiger partial charge in [-0.15, -0.1) is 0 Å². The van der Waals surface area contributed by atoms with Crippen LogP contribution in [0.5, 0.6) is 5.75 Å². The van der Waals surface area contributed by atoms with E-state index in [4.69, 9.17) is 4.74 Å². The molecule has 2 aromatic rings. The minimum Gasteiger partial charge on any atom is -0.424 e. The van der Waals surface area contributed by atoms with Gasteiger partial charge in [-0.1, -0.05) is 6.92 Å². The lowest BCUT2D eigenvalue weighted by molar-refractivity contribution is -0.134. The summed E-state index contributed by atoms with van der Waals surface area (Å²) in [5, 5.41) is 0.604. The quantitative estimate of drug-likeness (QED) is 0.829. The van der Waals surface area contributed by atoms with Crippen LogP contribution in [-0.2, 0) is 4.79 Å². The maximum atomic E-state index is 13.2. The SMILES string of the molecule is CCCC(=O)Oc1c(C)[nH]c2ccc(F)cc12. The number of halogens is 1. The first-order chi connectivity index (χ1) is 8.11. The molecule has 4 heteroatoms. The standard InChI is InChI=1S/C13H14FNO2/c1-3-4-12(16)17-13-8(2)15-11-6-5-9(14)7-10(11)13/h5-7,15H,3-4H2,1-2H3. The molecule has 0 aliphatic heterocycles. The summed E-state index contributed by atoms with van der Waals surface area (Å²) in [7, 11) is 0. The molecular formula is C13H14FNO2. The second-order valence-electron chi connectivity index (χ2n) is 3.99. The molecule has 3 nitrogen and oxygen atoms in total. The van der Waals surface area contributed by atoms with E-state index in [2.05, 4.69) is 4.98 Å². The number of aromatic amines is 1. The highest BCUT2D eigenvalue weighted by molar-refractivity contribution is 5.90. The number of carbonyl (C=O) groups is 1. The van der Waals surface area contributed by atoms with Crippen LogP contribution in [0.25, 0.3) is 10.9 Å². The largest absolute Gasteiger partial charge is 0.424 e. The van der Waals surface area contributed by atoms with Crippen LogP contribution in [-0.4, -0.2) is 11.0 Å². The van der Waals surface area contributed by atoms with E-state index < -0.39 is 0 Å². The fourth-order valence-corrected chi connectivity index (χ4v) is 1.77. The second-order valence-corrected chi connectivity index (χ2v) is 3.99. The van der Waals surface area contributed by atoms with Crippen LogP contribution in [0.2, 0.25) is 0 Å². The third kappa shape index (κ3) is 2.30. The van der Waals surface area contributed by atoms with Gasteiger partial charge in [0.1, 0.15) is 5.82 Å². The van der Waals surface area contributed by atoms with Gasteiger partial charge in [0.05, 0.1) is 5.69 Å². The van der Waals surface area contributed by atoms with Crippen molar-refractivity contribution in [1.29, 1.82) is 0 Å². The van der Waals surface area contributed by atoms with Gasteiger partial charge in [-0.3, -0.25) is 4.79 Å². The Hall–Kier alpha value is -1.84. The zero-order valence-corrected chi connectivity index (χ0v) is 9.84. The Morgan fingerprint density at radius 1 is 1.47 bits per heavy atom. The van der Waals surface area contributed by atoms with E-state index in [-0.39, 0.29) is 11.8 Å². The molecule has 0 fully saturated rings. The molecule has 0 unspecified atom stereocenters. The zero-order chi connectivity index (χ0) is 12.4. The number of esters is 1. The molecule has 0 saturated heterocycles. The monoisotopic (exact) mass is 235 g/mol. The van der Waals surface area contributed by atoms with E-state index >= 15 is 0 Å². The lowest BCUT2D eigenvalue weighted by atomic mass is 10.2. The number of ether oxygens (including phenoxy) is 1. The molecule has 1 heterocycles. The average molecular weight is 235 g/mol. The molecule has 0 aliphatic carbocycles. The number of hydrogen-bond acceptors (Lipinski definition) is 2. The number of rotatable bonds is 3. The number of fused-ring (bicyclic) bond motifs is 1. The summed E-state index contributed by atoms with van der Waals surface area (Å²) in [6, 6.07) is 4.37. The van der Waals surface area contributed by atoms with Crippen molar-refractivity contribution < 1.29 is 13.9 Å². The van der Waals surface area contributed by atoms with Crippen LogP contribution >= 0.6 is 0 Å². The lowest BCUT2D eigenvalue weighted by Crippen LogP contribution is -2.07. The van der Waals surface area contributed by atoms with Gasteiger partial charge in [-0.05, 0) is 31.5 Å². The number of aryl methyl sites for hydroxylation is 1. The summed E-state index contributed by atoms with van der Waals surface area (Å²) >= 11 is 0. The minimum absolute atomic E-state index is 0.291.